The van der Waals surface area contributed by atoms with E-state index in [1.165, 1.54) is 6.92 Å². The third-order valence-corrected chi connectivity index (χ3v) is 2.71. The number of piperidine rings is 1. The van der Waals surface area contributed by atoms with Gasteiger partial charge in [-0.1, -0.05) is 6.92 Å². The molecular weight excluding hydrogens is 171 g/mol. The van der Waals surface area contributed by atoms with E-state index in [2.05, 4.69) is 0 Å². The standard InChI is InChI=1S/C9H17FN2O/c1-3-12-5-4-9(2,10)6-7(12)8(11)13/h7H,3-6H2,1-2H3,(H2,11,13). The summed E-state index contributed by atoms with van der Waals surface area (Å²) in [6.07, 6.45) is 0.723. The van der Waals surface area contributed by atoms with Gasteiger partial charge >= 0.3 is 0 Å². The van der Waals surface area contributed by atoms with Gasteiger partial charge in [0.25, 0.3) is 0 Å². The minimum Gasteiger partial charge on any atom is -0.368 e. The molecule has 2 unspecified atom stereocenters. The van der Waals surface area contributed by atoms with Gasteiger partial charge in [-0.3, -0.25) is 9.69 Å². The number of alkyl halides is 1. The molecule has 1 heterocycles. The Hall–Kier alpha value is -0.640. The SMILES string of the molecule is CCN1CCC(C)(F)CC1C(N)=O. The fraction of sp³-hybridized carbons (Fsp3) is 0.889. The minimum absolute atomic E-state index is 0.232. The zero-order valence-corrected chi connectivity index (χ0v) is 8.22. The van der Waals surface area contributed by atoms with Gasteiger partial charge in [-0.05, 0) is 19.9 Å². The van der Waals surface area contributed by atoms with Crippen LogP contribution in [0.15, 0.2) is 0 Å². The first-order chi connectivity index (χ1) is 5.96. The van der Waals surface area contributed by atoms with E-state index in [-0.39, 0.29) is 6.42 Å². The molecule has 0 aromatic carbocycles. The molecule has 0 radical (unpaired) electrons. The molecule has 2 atom stereocenters. The number of nitrogens with zero attached hydrogens (tertiary/aromatic N) is 1. The van der Waals surface area contributed by atoms with Gasteiger partial charge < -0.3 is 5.73 Å². The first-order valence-corrected chi connectivity index (χ1v) is 4.68. The van der Waals surface area contributed by atoms with E-state index in [1.807, 2.05) is 11.8 Å². The van der Waals surface area contributed by atoms with Gasteiger partial charge in [0.1, 0.15) is 5.67 Å². The van der Waals surface area contributed by atoms with Crippen LogP contribution in [0.1, 0.15) is 26.7 Å². The molecule has 0 saturated carbocycles. The Kier molecular flexibility index (Phi) is 2.91. The van der Waals surface area contributed by atoms with Crippen molar-refractivity contribution in [2.24, 2.45) is 5.73 Å². The van der Waals surface area contributed by atoms with Crippen molar-refractivity contribution < 1.29 is 9.18 Å². The van der Waals surface area contributed by atoms with Crippen molar-refractivity contribution in [3.8, 4) is 0 Å². The molecular formula is C9H17FN2O. The summed E-state index contributed by atoms with van der Waals surface area (Å²) in [6.45, 7) is 4.87. The predicted octanol–water partition coefficient (Wildman–Crippen LogP) is 0.684. The highest BCUT2D eigenvalue weighted by Gasteiger charge is 2.38. The van der Waals surface area contributed by atoms with Crippen LogP contribution >= 0.6 is 0 Å². The van der Waals surface area contributed by atoms with E-state index in [1.54, 1.807) is 0 Å². The van der Waals surface area contributed by atoms with Crippen LogP contribution in [0.2, 0.25) is 0 Å². The summed E-state index contributed by atoms with van der Waals surface area (Å²) in [7, 11) is 0. The molecule has 1 aliphatic heterocycles. The summed E-state index contributed by atoms with van der Waals surface area (Å²) < 4.78 is 13.6. The van der Waals surface area contributed by atoms with Gasteiger partial charge in [-0.2, -0.15) is 0 Å². The maximum Gasteiger partial charge on any atom is 0.234 e. The fourth-order valence-corrected chi connectivity index (χ4v) is 1.83. The van der Waals surface area contributed by atoms with Gasteiger partial charge in [0.2, 0.25) is 5.91 Å². The highest BCUT2D eigenvalue weighted by molar-refractivity contribution is 5.80. The second-order valence-corrected chi connectivity index (χ2v) is 3.91. The van der Waals surface area contributed by atoms with Crippen LogP contribution in [0.25, 0.3) is 0 Å². The topological polar surface area (TPSA) is 46.3 Å². The number of hydrogen-bond acceptors (Lipinski definition) is 2. The van der Waals surface area contributed by atoms with Crippen molar-refractivity contribution in [1.82, 2.24) is 4.90 Å². The van der Waals surface area contributed by atoms with Crippen molar-refractivity contribution in [3.05, 3.63) is 0 Å². The Bertz CT molecular complexity index is 206. The summed E-state index contributed by atoms with van der Waals surface area (Å²) in [5.41, 5.74) is 3.98. The normalized spacial score (nSPS) is 36.1. The molecule has 4 heteroatoms. The highest BCUT2D eigenvalue weighted by atomic mass is 19.1. The van der Waals surface area contributed by atoms with Gasteiger partial charge in [0, 0.05) is 13.0 Å². The van der Waals surface area contributed by atoms with Crippen LogP contribution in [0, 0.1) is 0 Å². The van der Waals surface area contributed by atoms with Gasteiger partial charge in [-0.25, -0.2) is 4.39 Å². The first-order valence-electron chi connectivity index (χ1n) is 4.68. The van der Waals surface area contributed by atoms with Gasteiger partial charge in [0.15, 0.2) is 0 Å². The highest BCUT2D eigenvalue weighted by Crippen LogP contribution is 2.29. The number of likely N-dealkylation sites (tertiary alicyclic amines) is 1. The number of carbonyl (C=O) groups excluding carboxylic acids is 1. The third kappa shape index (κ3) is 2.40. The average molecular weight is 188 g/mol. The third-order valence-electron chi connectivity index (χ3n) is 2.71. The molecule has 2 N–H and O–H groups in total. The predicted molar refractivity (Wildman–Crippen MR) is 49.0 cm³/mol. The monoisotopic (exact) mass is 188 g/mol. The number of likely N-dealkylation sites (N-methyl/N-ethyl adjacent to an activating group) is 1. The number of amides is 1. The molecule has 3 nitrogen and oxygen atoms in total. The number of hydrogen-bond donors (Lipinski definition) is 1. The molecule has 0 spiro atoms. The molecule has 0 aromatic heterocycles. The Morgan fingerprint density at radius 3 is 2.85 bits per heavy atom. The van der Waals surface area contributed by atoms with Crippen LogP contribution < -0.4 is 5.73 Å². The summed E-state index contributed by atoms with van der Waals surface area (Å²) in [5.74, 6) is -0.412. The number of nitrogens with two attached hydrogens (primary N) is 1. The summed E-state index contributed by atoms with van der Waals surface area (Å²) in [4.78, 5) is 13.0. The second-order valence-electron chi connectivity index (χ2n) is 3.91. The Balaban J connectivity index is 2.69. The van der Waals surface area contributed by atoms with Crippen molar-refractivity contribution in [2.75, 3.05) is 13.1 Å². The molecule has 76 valence electrons. The lowest BCUT2D eigenvalue weighted by Crippen LogP contribution is -2.53. The van der Waals surface area contributed by atoms with E-state index in [0.717, 1.165) is 6.54 Å². The molecule has 1 rings (SSSR count). The molecule has 1 fully saturated rings. The smallest absolute Gasteiger partial charge is 0.234 e. The quantitative estimate of drug-likeness (QED) is 0.692. The van der Waals surface area contributed by atoms with Crippen LogP contribution in [0.3, 0.4) is 0 Å². The van der Waals surface area contributed by atoms with Crippen LogP contribution in [0.5, 0.6) is 0 Å². The number of carbonyl (C=O) groups is 1. The zero-order valence-electron chi connectivity index (χ0n) is 8.22. The average Bonchev–Trinajstić information content (AvgIpc) is 2.03. The molecule has 1 aliphatic rings. The molecule has 0 bridgehead atoms. The Morgan fingerprint density at radius 2 is 2.38 bits per heavy atom. The van der Waals surface area contributed by atoms with Crippen LogP contribution in [0.4, 0.5) is 4.39 Å². The van der Waals surface area contributed by atoms with E-state index in [9.17, 15) is 9.18 Å². The van der Waals surface area contributed by atoms with E-state index in [4.69, 9.17) is 5.73 Å². The molecule has 1 amide bonds. The van der Waals surface area contributed by atoms with Crippen LogP contribution in [-0.2, 0) is 4.79 Å². The van der Waals surface area contributed by atoms with E-state index >= 15 is 0 Å². The van der Waals surface area contributed by atoms with Crippen molar-refractivity contribution in [1.29, 1.82) is 0 Å². The summed E-state index contributed by atoms with van der Waals surface area (Å²) >= 11 is 0. The molecule has 1 saturated heterocycles. The lowest BCUT2D eigenvalue weighted by atomic mass is 9.89. The zero-order chi connectivity index (χ0) is 10.1. The summed E-state index contributed by atoms with van der Waals surface area (Å²) in [6, 6.07) is -0.422. The van der Waals surface area contributed by atoms with Crippen molar-refractivity contribution >= 4 is 5.91 Å². The van der Waals surface area contributed by atoms with Gasteiger partial charge in [-0.15, -0.1) is 0 Å². The Morgan fingerprint density at radius 1 is 1.77 bits per heavy atom. The summed E-state index contributed by atoms with van der Waals surface area (Å²) in [5, 5.41) is 0. The van der Waals surface area contributed by atoms with Crippen molar-refractivity contribution in [3.63, 3.8) is 0 Å². The fourth-order valence-electron chi connectivity index (χ4n) is 1.83. The Labute approximate surface area is 78.1 Å². The lowest BCUT2D eigenvalue weighted by molar-refractivity contribution is -0.126. The molecule has 0 aliphatic carbocycles. The maximum absolute atomic E-state index is 13.6. The minimum atomic E-state index is -1.23. The number of halogens is 1. The van der Waals surface area contributed by atoms with E-state index < -0.39 is 17.6 Å². The number of rotatable bonds is 2. The van der Waals surface area contributed by atoms with E-state index in [0.29, 0.717) is 13.0 Å². The van der Waals surface area contributed by atoms with Crippen molar-refractivity contribution in [2.45, 2.75) is 38.4 Å². The molecule has 0 aromatic rings. The molecule has 13 heavy (non-hydrogen) atoms. The first kappa shape index (κ1) is 10.4. The maximum atomic E-state index is 13.6. The lowest BCUT2D eigenvalue weighted by Gasteiger charge is -2.38. The van der Waals surface area contributed by atoms with Gasteiger partial charge in [0.05, 0.1) is 6.04 Å². The number of primary amides is 1. The second kappa shape index (κ2) is 3.62. The van der Waals surface area contributed by atoms with Crippen LogP contribution in [-0.4, -0.2) is 35.6 Å². The largest absolute Gasteiger partial charge is 0.368 e.